The average Bonchev–Trinajstić information content (AvgIpc) is 1.63. The van der Waals surface area contributed by atoms with Crippen molar-refractivity contribution in [2.45, 2.75) is 13.8 Å². The summed E-state index contributed by atoms with van der Waals surface area (Å²) in [7, 11) is 0. The van der Waals surface area contributed by atoms with Crippen molar-refractivity contribution in [2.75, 3.05) is 11.5 Å². The van der Waals surface area contributed by atoms with Gasteiger partial charge in [-0.25, -0.2) is 0 Å². The fourth-order valence-electron chi connectivity index (χ4n) is 0.571. The molecule has 0 N–H and O–H groups in total. The van der Waals surface area contributed by atoms with E-state index in [1.54, 1.807) is 6.08 Å². The molecule has 0 saturated heterocycles. The molecule has 0 saturated carbocycles. The van der Waals surface area contributed by atoms with Gasteiger partial charge in [0.15, 0.2) is 0 Å². The van der Waals surface area contributed by atoms with Crippen molar-refractivity contribution in [3.63, 3.8) is 0 Å². The lowest BCUT2D eigenvalue weighted by molar-refractivity contribution is 0.584. The molecule has 9 heavy (non-hydrogen) atoms. The van der Waals surface area contributed by atoms with Gasteiger partial charge in [0.25, 0.3) is 0 Å². The molecule has 0 aliphatic heterocycles. The smallest absolute Gasteiger partial charge is 0.123 e. The second kappa shape index (κ2) is 4.89. The standard InChI is InChI=1S/C7H14OS/c1-4-5-9(8)6-7(2)3/h4,7H,1,5-6H2,2-3H3. The minimum atomic E-state index is -0.668. The fraction of sp³-hybridized carbons (Fsp3) is 0.714. The van der Waals surface area contributed by atoms with Crippen molar-refractivity contribution in [1.29, 1.82) is 0 Å². The molecule has 1 unspecified atom stereocenters. The predicted octanol–water partition coefficient (Wildman–Crippen LogP) is 1.58. The Bertz CT molecular complexity index is 81.0. The van der Waals surface area contributed by atoms with E-state index >= 15 is 0 Å². The summed E-state index contributed by atoms with van der Waals surface area (Å²) in [5, 5.41) is 0. The monoisotopic (exact) mass is 146 g/mol. The lowest BCUT2D eigenvalue weighted by Crippen LogP contribution is -2.13. The van der Waals surface area contributed by atoms with Gasteiger partial charge in [-0.1, -0.05) is 20.4 Å². The van der Waals surface area contributed by atoms with E-state index in [2.05, 4.69) is 20.4 Å². The first-order chi connectivity index (χ1) is 4.16. The summed E-state index contributed by atoms with van der Waals surface area (Å²) in [6, 6.07) is 0. The molecule has 0 aliphatic carbocycles. The second-order valence-corrected chi connectivity index (χ2v) is 4.00. The summed E-state index contributed by atoms with van der Waals surface area (Å²) in [6.07, 6.45) is 1.71. The quantitative estimate of drug-likeness (QED) is 0.436. The normalized spacial score (nSPS) is 13.8. The largest absolute Gasteiger partial charge is 0.616 e. The summed E-state index contributed by atoms with van der Waals surface area (Å²) in [5.41, 5.74) is 0. The van der Waals surface area contributed by atoms with Crippen LogP contribution in [0.1, 0.15) is 13.8 Å². The van der Waals surface area contributed by atoms with Crippen LogP contribution in [-0.2, 0) is 11.2 Å². The molecule has 0 aromatic rings. The predicted molar refractivity (Wildman–Crippen MR) is 42.9 cm³/mol. The maximum absolute atomic E-state index is 10.9. The van der Waals surface area contributed by atoms with E-state index in [0.717, 1.165) is 5.75 Å². The van der Waals surface area contributed by atoms with Crippen LogP contribution in [0.4, 0.5) is 0 Å². The van der Waals surface area contributed by atoms with Crippen LogP contribution in [0.3, 0.4) is 0 Å². The third kappa shape index (κ3) is 5.93. The van der Waals surface area contributed by atoms with Crippen LogP contribution >= 0.6 is 0 Å². The number of hydrogen-bond acceptors (Lipinski definition) is 1. The Morgan fingerprint density at radius 3 is 2.56 bits per heavy atom. The third-order valence-corrected chi connectivity index (χ3v) is 2.47. The first kappa shape index (κ1) is 9.05. The molecule has 0 rings (SSSR count). The Morgan fingerprint density at radius 2 is 2.22 bits per heavy atom. The van der Waals surface area contributed by atoms with E-state index in [4.69, 9.17) is 0 Å². The molecule has 0 bridgehead atoms. The van der Waals surface area contributed by atoms with Crippen LogP contribution in [0.5, 0.6) is 0 Å². The number of rotatable bonds is 4. The minimum absolute atomic E-state index is 0.533. The average molecular weight is 146 g/mol. The van der Waals surface area contributed by atoms with Gasteiger partial charge in [-0.2, -0.15) is 0 Å². The van der Waals surface area contributed by atoms with Crippen molar-refractivity contribution >= 4 is 11.2 Å². The molecule has 0 heterocycles. The summed E-state index contributed by atoms with van der Waals surface area (Å²) in [5.74, 6) is 1.97. The second-order valence-electron chi connectivity index (χ2n) is 2.46. The molecular weight excluding hydrogens is 132 g/mol. The molecular formula is C7H14OS. The van der Waals surface area contributed by atoms with Gasteiger partial charge in [0.2, 0.25) is 0 Å². The fourth-order valence-corrected chi connectivity index (χ4v) is 1.71. The summed E-state index contributed by atoms with van der Waals surface area (Å²) < 4.78 is 10.9. The van der Waals surface area contributed by atoms with Crippen LogP contribution < -0.4 is 0 Å². The van der Waals surface area contributed by atoms with Gasteiger partial charge < -0.3 is 4.55 Å². The van der Waals surface area contributed by atoms with Crippen LogP contribution in [0.25, 0.3) is 0 Å². The molecule has 0 aromatic heterocycles. The van der Waals surface area contributed by atoms with Crippen LogP contribution in [-0.4, -0.2) is 16.1 Å². The van der Waals surface area contributed by atoms with Crippen molar-refractivity contribution < 1.29 is 4.55 Å². The van der Waals surface area contributed by atoms with E-state index in [0.29, 0.717) is 11.7 Å². The molecule has 1 atom stereocenters. The van der Waals surface area contributed by atoms with Gasteiger partial charge in [-0.3, -0.25) is 0 Å². The highest BCUT2D eigenvalue weighted by molar-refractivity contribution is 7.91. The van der Waals surface area contributed by atoms with Crippen molar-refractivity contribution in [3.05, 3.63) is 12.7 Å². The Balaban J connectivity index is 3.25. The highest BCUT2D eigenvalue weighted by atomic mass is 32.2. The highest BCUT2D eigenvalue weighted by Gasteiger charge is 2.04. The van der Waals surface area contributed by atoms with Crippen LogP contribution in [0.15, 0.2) is 12.7 Å². The zero-order chi connectivity index (χ0) is 7.28. The first-order valence-corrected chi connectivity index (χ1v) is 4.61. The Labute approximate surface area is 60.3 Å². The van der Waals surface area contributed by atoms with Crippen LogP contribution in [0.2, 0.25) is 0 Å². The molecule has 0 radical (unpaired) electrons. The summed E-state index contributed by atoms with van der Waals surface area (Å²) in [4.78, 5) is 0. The third-order valence-electron chi connectivity index (χ3n) is 0.823. The van der Waals surface area contributed by atoms with Crippen LogP contribution in [0, 0.1) is 5.92 Å². The molecule has 54 valence electrons. The Hall–Kier alpha value is 0.0500. The van der Waals surface area contributed by atoms with Gasteiger partial charge in [-0.05, 0) is 23.2 Å². The maximum atomic E-state index is 10.9. The molecule has 0 fully saturated rings. The topological polar surface area (TPSA) is 23.1 Å². The lowest BCUT2D eigenvalue weighted by Gasteiger charge is -2.09. The highest BCUT2D eigenvalue weighted by Crippen LogP contribution is 1.99. The van der Waals surface area contributed by atoms with Crippen molar-refractivity contribution in [2.24, 2.45) is 5.92 Å². The molecule has 0 spiro atoms. The first-order valence-electron chi connectivity index (χ1n) is 3.12. The van der Waals surface area contributed by atoms with Crippen molar-refractivity contribution in [3.8, 4) is 0 Å². The van der Waals surface area contributed by atoms with E-state index < -0.39 is 11.2 Å². The van der Waals surface area contributed by atoms with Gasteiger partial charge in [-0.15, -0.1) is 0 Å². The van der Waals surface area contributed by atoms with Gasteiger partial charge in [0.1, 0.15) is 11.5 Å². The molecule has 0 aliphatic rings. The molecule has 2 heteroatoms. The summed E-state index contributed by atoms with van der Waals surface area (Å²) in [6.45, 7) is 7.66. The zero-order valence-electron chi connectivity index (χ0n) is 6.09. The number of hydrogen-bond donors (Lipinski definition) is 0. The zero-order valence-corrected chi connectivity index (χ0v) is 6.91. The van der Waals surface area contributed by atoms with Gasteiger partial charge in [0.05, 0.1) is 0 Å². The SMILES string of the molecule is C=CC[S+]([O-])CC(C)C. The minimum Gasteiger partial charge on any atom is -0.616 e. The lowest BCUT2D eigenvalue weighted by atomic mass is 10.3. The molecule has 0 aromatic carbocycles. The van der Waals surface area contributed by atoms with Gasteiger partial charge >= 0.3 is 0 Å². The van der Waals surface area contributed by atoms with E-state index in [-0.39, 0.29) is 0 Å². The molecule has 1 nitrogen and oxygen atoms in total. The van der Waals surface area contributed by atoms with E-state index in [1.807, 2.05) is 0 Å². The molecule has 0 amide bonds. The van der Waals surface area contributed by atoms with Crippen molar-refractivity contribution in [1.82, 2.24) is 0 Å². The maximum Gasteiger partial charge on any atom is 0.123 e. The summed E-state index contributed by atoms with van der Waals surface area (Å²) >= 11 is -0.668. The Kier molecular flexibility index (Phi) is 4.91. The van der Waals surface area contributed by atoms with Gasteiger partial charge in [0, 0.05) is 0 Å². The van der Waals surface area contributed by atoms with E-state index in [1.165, 1.54) is 0 Å². The van der Waals surface area contributed by atoms with E-state index in [9.17, 15) is 4.55 Å². The Morgan fingerprint density at radius 1 is 1.67 bits per heavy atom.